The lowest BCUT2D eigenvalue weighted by Gasteiger charge is -2.36. The van der Waals surface area contributed by atoms with Crippen LogP contribution in [0.3, 0.4) is 0 Å². The molecule has 0 spiro atoms. The second-order valence-corrected chi connectivity index (χ2v) is 8.01. The zero-order valence-electron chi connectivity index (χ0n) is 17.0. The fourth-order valence-corrected chi connectivity index (χ4v) is 4.25. The summed E-state index contributed by atoms with van der Waals surface area (Å²) in [4.78, 5) is 30.5. The molecule has 4 rings (SSSR count). The summed E-state index contributed by atoms with van der Waals surface area (Å²) in [6, 6.07) is 13.5. The molecule has 5 nitrogen and oxygen atoms in total. The molecule has 148 valence electrons. The predicted octanol–water partition coefficient (Wildman–Crippen LogP) is 4.24. The molecule has 1 aliphatic carbocycles. The number of hydrogen-bond donors (Lipinski definition) is 2. The van der Waals surface area contributed by atoms with Gasteiger partial charge in [0, 0.05) is 41.1 Å². The van der Waals surface area contributed by atoms with E-state index in [4.69, 9.17) is 0 Å². The van der Waals surface area contributed by atoms with Crippen LogP contribution in [-0.2, 0) is 9.59 Å². The van der Waals surface area contributed by atoms with Gasteiger partial charge < -0.3 is 10.6 Å². The maximum atomic E-state index is 13.3. The number of aryl methyl sites for hydroxylation is 1. The lowest BCUT2D eigenvalue weighted by atomic mass is 9.73. The summed E-state index contributed by atoms with van der Waals surface area (Å²) in [5, 5.41) is 6.25. The van der Waals surface area contributed by atoms with Gasteiger partial charge in [0.1, 0.15) is 5.82 Å². The van der Waals surface area contributed by atoms with Crippen molar-refractivity contribution in [3.05, 3.63) is 82.3 Å². The molecular formula is C24H25N3O2. The highest BCUT2D eigenvalue weighted by atomic mass is 16.2. The number of aromatic nitrogens is 1. The maximum absolute atomic E-state index is 13.3. The predicted molar refractivity (Wildman–Crippen MR) is 113 cm³/mol. The van der Waals surface area contributed by atoms with Crippen LogP contribution in [0.15, 0.2) is 71.2 Å². The van der Waals surface area contributed by atoms with E-state index in [-0.39, 0.29) is 17.6 Å². The monoisotopic (exact) mass is 387 g/mol. The third-order valence-corrected chi connectivity index (χ3v) is 5.59. The van der Waals surface area contributed by atoms with Crippen molar-refractivity contribution in [3.8, 4) is 0 Å². The summed E-state index contributed by atoms with van der Waals surface area (Å²) >= 11 is 0. The summed E-state index contributed by atoms with van der Waals surface area (Å²) in [5.41, 5.74) is 5.12. The molecule has 5 heteroatoms. The van der Waals surface area contributed by atoms with Crippen LogP contribution < -0.4 is 10.6 Å². The Morgan fingerprint density at radius 1 is 1.10 bits per heavy atom. The van der Waals surface area contributed by atoms with E-state index >= 15 is 0 Å². The molecule has 0 unspecified atom stereocenters. The van der Waals surface area contributed by atoms with Crippen LogP contribution in [0.1, 0.15) is 43.7 Å². The molecule has 1 aromatic carbocycles. The van der Waals surface area contributed by atoms with Gasteiger partial charge in [0.05, 0.1) is 0 Å². The Balaban J connectivity index is 1.80. The summed E-state index contributed by atoms with van der Waals surface area (Å²) in [6.45, 7) is 6.02. The Labute approximate surface area is 170 Å². The van der Waals surface area contributed by atoms with Crippen molar-refractivity contribution in [2.24, 2.45) is 5.92 Å². The Hall–Kier alpha value is -3.21. The molecule has 1 aliphatic heterocycles. The van der Waals surface area contributed by atoms with Gasteiger partial charge in [0.25, 0.3) is 5.91 Å². The minimum absolute atomic E-state index is 0.118. The van der Waals surface area contributed by atoms with E-state index in [1.54, 1.807) is 18.3 Å². The van der Waals surface area contributed by atoms with Crippen LogP contribution in [0.2, 0.25) is 0 Å². The molecule has 2 atom stereocenters. The Kier molecular flexibility index (Phi) is 5.05. The van der Waals surface area contributed by atoms with Gasteiger partial charge in [-0.1, -0.05) is 42.8 Å². The standard InChI is InChI=1S/C24H25N3O2/c1-14-7-9-17(10-8-14)22-21(24(29)27-20-6-4-5-11-25-20)16(3)26-18-12-15(2)13-19(28)23(18)22/h4-11,15,22,26H,12-13H2,1-3H3,(H,25,27,29)/t15-,22+/m1/s1. The van der Waals surface area contributed by atoms with Gasteiger partial charge in [-0.15, -0.1) is 0 Å². The molecule has 2 aliphatic rings. The number of anilines is 1. The number of pyridine rings is 1. The van der Waals surface area contributed by atoms with Gasteiger partial charge in [-0.3, -0.25) is 9.59 Å². The number of carbonyl (C=O) groups excluding carboxylic acids is 2. The number of carbonyl (C=O) groups is 2. The number of amides is 1. The number of dihydropyridines is 1. The van der Waals surface area contributed by atoms with E-state index < -0.39 is 0 Å². The van der Waals surface area contributed by atoms with Gasteiger partial charge >= 0.3 is 0 Å². The summed E-state index contributed by atoms with van der Waals surface area (Å²) < 4.78 is 0. The highest BCUT2D eigenvalue weighted by Crippen LogP contribution is 2.43. The molecule has 0 saturated heterocycles. The fourth-order valence-electron chi connectivity index (χ4n) is 4.25. The van der Waals surface area contributed by atoms with Crippen LogP contribution >= 0.6 is 0 Å². The number of Topliss-reactive ketones (excluding diaryl/α,β-unsaturated/α-hetero) is 1. The average Bonchev–Trinajstić information content (AvgIpc) is 2.68. The number of nitrogens with one attached hydrogen (secondary N) is 2. The number of benzene rings is 1. The molecule has 1 amide bonds. The van der Waals surface area contributed by atoms with Crippen molar-refractivity contribution < 1.29 is 9.59 Å². The van der Waals surface area contributed by atoms with Crippen LogP contribution in [0.4, 0.5) is 5.82 Å². The number of allylic oxidation sites excluding steroid dienone is 3. The van der Waals surface area contributed by atoms with Crippen molar-refractivity contribution in [2.45, 2.75) is 39.5 Å². The van der Waals surface area contributed by atoms with Crippen molar-refractivity contribution in [3.63, 3.8) is 0 Å². The van der Waals surface area contributed by atoms with Gasteiger partial charge in [0.15, 0.2) is 5.78 Å². The third kappa shape index (κ3) is 3.73. The minimum Gasteiger partial charge on any atom is -0.362 e. The largest absolute Gasteiger partial charge is 0.362 e. The van der Waals surface area contributed by atoms with Gasteiger partial charge in [0.2, 0.25) is 0 Å². The number of rotatable bonds is 3. The van der Waals surface area contributed by atoms with E-state index in [0.29, 0.717) is 23.7 Å². The second-order valence-electron chi connectivity index (χ2n) is 8.01. The van der Waals surface area contributed by atoms with Crippen molar-refractivity contribution in [1.29, 1.82) is 0 Å². The fraction of sp³-hybridized carbons (Fsp3) is 0.292. The van der Waals surface area contributed by atoms with E-state index in [0.717, 1.165) is 34.5 Å². The smallest absolute Gasteiger partial charge is 0.255 e. The van der Waals surface area contributed by atoms with Crippen molar-refractivity contribution in [2.75, 3.05) is 5.32 Å². The van der Waals surface area contributed by atoms with Crippen LogP contribution in [0, 0.1) is 12.8 Å². The molecule has 0 bridgehead atoms. The van der Waals surface area contributed by atoms with Gasteiger partial charge in [-0.25, -0.2) is 4.98 Å². The molecule has 2 heterocycles. The summed E-state index contributed by atoms with van der Waals surface area (Å²) in [5.74, 6) is 0.285. The lowest BCUT2D eigenvalue weighted by molar-refractivity contribution is -0.117. The minimum atomic E-state index is -0.379. The van der Waals surface area contributed by atoms with Gasteiger partial charge in [-0.05, 0) is 43.9 Å². The number of ketones is 1. The van der Waals surface area contributed by atoms with E-state index in [2.05, 4.69) is 22.5 Å². The molecule has 2 N–H and O–H groups in total. The Morgan fingerprint density at radius 3 is 2.55 bits per heavy atom. The Morgan fingerprint density at radius 2 is 1.86 bits per heavy atom. The molecule has 2 aromatic rings. The molecule has 0 radical (unpaired) electrons. The first kappa shape index (κ1) is 19.1. The number of hydrogen-bond acceptors (Lipinski definition) is 4. The van der Waals surface area contributed by atoms with Crippen molar-refractivity contribution >= 4 is 17.5 Å². The SMILES string of the molecule is CC1=C(C(=O)Nc2ccccn2)[C@H](c2ccc(C)cc2)C2=C(C[C@@H](C)CC2=O)N1. The second kappa shape index (κ2) is 7.66. The normalized spacial score (nSPS) is 21.6. The topological polar surface area (TPSA) is 71.1 Å². The van der Waals surface area contributed by atoms with E-state index in [1.165, 1.54) is 0 Å². The van der Waals surface area contributed by atoms with Gasteiger partial charge in [-0.2, -0.15) is 0 Å². The zero-order chi connectivity index (χ0) is 20.5. The molecule has 29 heavy (non-hydrogen) atoms. The highest BCUT2D eigenvalue weighted by Gasteiger charge is 2.39. The molecule has 1 aromatic heterocycles. The van der Waals surface area contributed by atoms with E-state index in [1.807, 2.05) is 44.2 Å². The molecular weight excluding hydrogens is 362 g/mol. The first-order chi connectivity index (χ1) is 13.9. The molecule has 0 fully saturated rings. The summed E-state index contributed by atoms with van der Waals surface area (Å²) in [6.07, 6.45) is 2.97. The zero-order valence-corrected chi connectivity index (χ0v) is 17.0. The Bertz CT molecular complexity index is 1020. The highest BCUT2D eigenvalue weighted by molar-refractivity contribution is 6.09. The first-order valence-corrected chi connectivity index (χ1v) is 9.97. The average molecular weight is 387 g/mol. The lowest BCUT2D eigenvalue weighted by Crippen LogP contribution is -2.37. The summed E-state index contributed by atoms with van der Waals surface area (Å²) in [7, 11) is 0. The quantitative estimate of drug-likeness (QED) is 0.826. The van der Waals surface area contributed by atoms with Crippen LogP contribution in [0.25, 0.3) is 0 Å². The van der Waals surface area contributed by atoms with Crippen LogP contribution in [0.5, 0.6) is 0 Å². The third-order valence-electron chi connectivity index (χ3n) is 5.59. The molecule has 0 saturated carbocycles. The number of nitrogens with zero attached hydrogens (tertiary/aromatic N) is 1. The van der Waals surface area contributed by atoms with Crippen molar-refractivity contribution in [1.82, 2.24) is 10.3 Å². The first-order valence-electron chi connectivity index (χ1n) is 9.97. The van der Waals surface area contributed by atoms with E-state index in [9.17, 15) is 9.59 Å². The van der Waals surface area contributed by atoms with Crippen LogP contribution in [-0.4, -0.2) is 16.7 Å². The maximum Gasteiger partial charge on any atom is 0.255 e.